The lowest BCUT2D eigenvalue weighted by atomic mass is 9.95. The van der Waals surface area contributed by atoms with Gasteiger partial charge in [-0.25, -0.2) is 9.97 Å². The van der Waals surface area contributed by atoms with Crippen LogP contribution < -0.4 is 15.4 Å². The average Bonchev–Trinajstić information content (AvgIpc) is 3.54. The van der Waals surface area contributed by atoms with Gasteiger partial charge in [0.15, 0.2) is 0 Å². The molecule has 52 heavy (non-hydrogen) atoms. The highest BCUT2D eigenvalue weighted by atomic mass is 16.5. The van der Waals surface area contributed by atoms with Crippen LogP contribution in [0.25, 0.3) is 50.0 Å². The maximum atomic E-state index is 6.45. The molecule has 0 fully saturated rings. The second-order valence-electron chi connectivity index (χ2n) is 12.5. The van der Waals surface area contributed by atoms with Gasteiger partial charge in [0.05, 0.1) is 22.6 Å². The fraction of sp³-hybridized carbons (Fsp3) is 0. The van der Waals surface area contributed by atoms with Crippen LogP contribution in [-0.2, 0) is 0 Å². The number of pyridine rings is 2. The number of benzene rings is 6. The Labute approximate surface area is 301 Å². The molecule has 0 aliphatic rings. The van der Waals surface area contributed by atoms with Gasteiger partial charge in [-0.3, -0.25) is 4.57 Å². The Kier molecular flexibility index (Phi) is 8.08. The maximum Gasteiger partial charge on any atom is 0.146 e. The van der Waals surface area contributed by atoms with Crippen LogP contribution in [0.4, 0.5) is 22.7 Å². The number of aromatic nitrogens is 3. The van der Waals surface area contributed by atoms with E-state index in [1.807, 2.05) is 85.1 Å². The molecule has 0 unspecified atom stereocenters. The lowest BCUT2D eigenvalue weighted by Crippen LogP contribution is -2.01. The Morgan fingerprint density at radius 1 is 0.462 bits per heavy atom. The summed E-state index contributed by atoms with van der Waals surface area (Å²) in [7, 11) is 0. The van der Waals surface area contributed by atoms with Crippen LogP contribution in [0.3, 0.4) is 0 Å². The second-order valence-corrected chi connectivity index (χ2v) is 12.5. The topological polar surface area (TPSA) is 64.0 Å². The van der Waals surface area contributed by atoms with Gasteiger partial charge < -0.3 is 15.4 Å². The van der Waals surface area contributed by atoms with Crippen molar-refractivity contribution in [2.75, 3.05) is 10.6 Å². The van der Waals surface area contributed by atoms with Crippen molar-refractivity contribution < 1.29 is 4.74 Å². The minimum atomic E-state index is 0.678. The highest BCUT2D eigenvalue weighted by Crippen LogP contribution is 2.41. The molecule has 0 amide bonds. The van der Waals surface area contributed by atoms with Crippen molar-refractivity contribution in [3.63, 3.8) is 0 Å². The molecule has 0 spiro atoms. The summed E-state index contributed by atoms with van der Waals surface area (Å²) in [6.07, 6.45) is 3.59. The van der Waals surface area contributed by atoms with E-state index in [0.29, 0.717) is 11.5 Å². The van der Waals surface area contributed by atoms with Gasteiger partial charge in [0.2, 0.25) is 0 Å². The van der Waals surface area contributed by atoms with Crippen molar-refractivity contribution >= 4 is 44.7 Å². The van der Waals surface area contributed by atoms with Crippen LogP contribution in [0.15, 0.2) is 188 Å². The van der Waals surface area contributed by atoms with E-state index in [1.165, 1.54) is 0 Å². The monoisotopic (exact) mass is 671 g/mol. The fourth-order valence-corrected chi connectivity index (χ4v) is 6.78. The molecule has 0 aliphatic heterocycles. The summed E-state index contributed by atoms with van der Waals surface area (Å²) in [6, 6.07) is 59.9. The quantitative estimate of drug-likeness (QED) is 0.160. The highest BCUT2D eigenvalue weighted by molar-refractivity contribution is 6.07. The van der Waals surface area contributed by atoms with Gasteiger partial charge in [-0.2, -0.15) is 0 Å². The molecule has 0 saturated heterocycles. The van der Waals surface area contributed by atoms with E-state index in [4.69, 9.17) is 14.7 Å². The molecule has 6 aromatic carbocycles. The predicted molar refractivity (Wildman–Crippen MR) is 213 cm³/mol. The molecule has 6 heteroatoms. The Morgan fingerprint density at radius 2 is 1.10 bits per heavy atom. The SMILES string of the molecule is c1ccc(-c2cccc(-c3ccccc3)c2Nc2ccccc2Nc2cccc(Oc3ccnc(-n4c5ccccc5c5cccnc54)c3)c2)cc1. The summed E-state index contributed by atoms with van der Waals surface area (Å²) in [5.74, 6) is 2.12. The van der Waals surface area contributed by atoms with Gasteiger partial charge in [0, 0.05) is 52.1 Å². The number of fused-ring (bicyclic) bond motifs is 3. The van der Waals surface area contributed by atoms with E-state index in [2.05, 4.69) is 112 Å². The molecule has 2 N–H and O–H groups in total. The summed E-state index contributed by atoms with van der Waals surface area (Å²) >= 11 is 0. The molecule has 9 rings (SSSR count). The molecular formula is C46H33N5O. The molecule has 0 aliphatic carbocycles. The predicted octanol–water partition coefficient (Wildman–Crippen LogP) is 12.2. The zero-order valence-electron chi connectivity index (χ0n) is 28.1. The molecule has 0 radical (unpaired) electrons. The summed E-state index contributed by atoms with van der Waals surface area (Å²) < 4.78 is 8.53. The molecule has 3 aromatic heterocycles. The minimum Gasteiger partial charge on any atom is -0.457 e. The number of rotatable bonds is 9. The lowest BCUT2D eigenvalue weighted by molar-refractivity contribution is 0.482. The molecule has 0 atom stereocenters. The number of nitrogens with one attached hydrogen (secondary N) is 2. The summed E-state index contributed by atoms with van der Waals surface area (Å²) in [5.41, 5.74) is 10.3. The first-order chi connectivity index (χ1) is 25.8. The van der Waals surface area contributed by atoms with E-state index in [1.54, 1.807) is 6.20 Å². The van der Waals surface area contributed by atoms with Gasteiger partial charge in [-0.1, -0.05) is 115 Å². The molecule has 0 saturated carbocycles. The largest absolute Gasteiger partial charge is 0.457 e. The number of anilines is 4. The average molecular weight is 672 g/mol. The summed E-state index contributed by atoms with van der Waals surface area (Å²) in [6.45, 7) is 0. The second kappa shape index (κ2) is 13.6. The number of ether oxygens (including phenoxy) is 1. The highest BCUT2D eigenvalue weighted by Gasteiger charge is 2.16. The first-order valence-corrected chi connectivity index (χ1v) is 17.2. The zero-order chi connectivity index (χ0) is 34.7. The number of nitrogens with zero attached hydrogens (tertiary/aromatic N) is 3. The van der Waals surface area contributed by atoms with E-state index < -0.39 is 0 Å². The van der Waals surface area contributed by atoms with Gasteiger partial charge in [0.25, 0.3) is 0 Å². The van der Waals surface area contributed by atoms with Gasteiger partial charge in [-0.15, -0.1) is 0 Å². The van der Waals surface area contributed by atoms with Crippen molar-refractivity contribution in [3.05, 3.63) is 188 Å². The third-order valence-electron chi connectivity index (χ3n) is 9.15. The van der Waals surface area contributed by atoms with Crippen LogP contribution in [0.5, 0.6) is 11.5 Å². The number of para-hydroxylation sites is 4. The molecule has 6 nitrogen and oxygen atoms in total. The molecule has 0 bridgehead atoms. The van der Waals surface area contributed by atoms with Gasteiger partial charge >= 0.3 is 0 Å². The third-order valence-corrected chi connectivity index (χ3v) is 9.15. The van der Waals surface area contributed by atoms with Crippen LogP contribution in [0.1, 0.15) is 0 Å². The van der Waals surface area contributed by atoms with Crippen molar-refractivity contribution in [2.45, 2.75) is 0 Å². The summed E-state index contributed by atoms with van der Waals surface area (Å²) in [4.78, 5) is 9.42. The van der Waals surface area contributed by atoms with E-state index in [9.17, 15) is 0 Å². The smallest absolute Gasteiger partial charge is 0.146 e. The first kappa shape index (κ1) is 30.8. The van der Waals surface area contributed by atoms with Crippen molar-refractivity contribution in [1.82, 2.24) is 14.5 Å². The Hall–Kier alpha value is -7.18. The Balaban J connectivity index is 1.02. The molecule has 9 aromatic rings. The van der Waals surface area contributed by atoms with Crippen LogP contribution >= 0.6 is 0 Å². The fourth-order valence-electron chi connectivity index (χ4n) is 6.78. The van der Waals surface area contributed by atoms with E-state index in [-0.39, 0.29) is 0 Å². The number of hydrogen-bond donors (Lipinski definition) is 2. The van der Waals surface area contributed by atoms with Crippen LogP contribution in [0, 0.1) is 0 Å². The van der Waals surface area contributed by atoms with Crippen LogP contribution in [-0.4, -0.2) is 14.5 Å². The maximum absolute atomic E-state index is 6.45. The van der Waals surface area contributed by atoms with Gasteiger partial charge in [-0.05, 0) is 59.7 Å². The van der Waals surface area contributed by atoms with Crippen molar-refractivity contribution in [2.24, 2.45) is 0 Å². The zero-order valence-corrected chi connectivity index (χ0v) is 28.1. The lowest BCUT2D eigenvalue weighted by Gasteiger charge is -2.20. The Morgan fingerprint density at radius 3 is 1.87 bits per heavy atom. The van der Waals surface area contributed by atoms with Crippen molar-refractivity contribution in [1.29, 1.82) is 0 Å². The number of hydrogen-bond acceptors (Lipinski definition) is 5. The normalized spacial score (nSPS) is 11.1. The Bertz CT molecular complexity index is 2560. The van der Waals surface area contributed by atoms with E-state index in [0.717, 1.165) is 72.8 Å². The van der Waals surface area contributed by atoms with Crippen LogP contribution in [0.2, 0.25) is 0 Å². The van der Waals surface area contributed by atoms with Crippen molar-refractivity contribution in [3.8, 4) is 39.6 Å². The first-order valence-electron chi connectivity index (χ1n) is 17.2. The minimum absolute atomic E-state index is 0.678. The molecule has 3 heterocycles. The van der Waals surface area contributed by atoms with E-state index >= 15 is 0 Å². The van der Waals surface area contributed by atoms with Gasteiger partial charge in [0.1, 0.15) is 23.0 Å². The molecular weight excluding hydrogens is 639 g/mol. The standard InChI is InChI=1S/C46H33N5O/c1-3-14-32(15-4-1)37-21-12-22-38(33-16-5-2-6-17-33)45(37)50-42-25-9-8-24-41(42)49-34-18-11-19-35(30-34)52-36-27-29-47-44(31-36)51-43-26-10-7-20-39(43)40-23-13-28-48-46(40)51/h1-31,49-50H. The molecule has 248 valence electrons. The third kappa shape index (κ3) is 5.99. The summed E-state index contributed by atoms with van der Waals surface area (Å²) in [5, 5.41) is 9.68.